The van der Waals surface area contributed by atoms with Crippen LogP contribution in [0.3, 0.4) is 0 Å². The largest absolute Gasteiger partial charge is 0.416 e. The zero-order valence-electron chi connectivity index (χ0n) is 15.5. The molecule has 1 aromatic carbocycles. The topological polar surface area (TPSA) is 85.2 Å². The number of aromatic nitrogens is 2. The van der Waals surface area contributed by atoms with E-state index in [0.29, 0.717) is 12.8 Å². The standard InChI is InChI=1S/C18H21F3N4O3/c1-25-10-12(9-23-25)4-3-5-22-17(27)13-6-14(18(19,20)21)8-15(7-13)24-16(26)11-28-2/h6-10H,3-5,11H2,1-2H3,(H,22,27)(H,24,26). The molecule has 2 aromatic rings. The number of halogens is 3. The minimum absolute atomic E-state index is 0.127. The minimum atomic E-state index is -4.66. The Kier molecular flexibility index (Phi) is 7.16. The molecule has 2 amide bonds. The van der Waals surface area contributed by atoms with E-state index in [1.54, 1.807) is 17.9 Å². The summed E-state index contributed by atoms with van der Waals surface area (Å²) in [6.07, 6.45) is 0.188. The van der Waals surface area contributed by atoms with Crippen molar-refractivity contribution in [1.29, 1.82) is 0 Å². The predicted octanol–water partition coefficient (Wildman–Crippen LogP) is 2.39. The van der Waals surface area contributed by atoms with Crippen LogP contribution in [0.2, 0.25) is 0 Å². The van der Waals surface area contributed by atoms with Gasteiger partial charge in [0.05, 0.1) is 11.8 Å². The van der Waals surface area contributed by atoms with E-state index in [1.165, 1.54) is 13.2 Å². The van der Waals surface area contributed by atoms with Crippen molar-refractivity contribution >= 4 is 17.5 Å². The van der Waals surface area contributed by atoms with Gasteiger partial charge in [-0.3, -0.25) is 14.3 Å². The molecule has 2 rings (SSSR count). The van der Waals surface area contributed by atoms with Crippen LogP contribution in [0, 0.1) is 0 Å². The van der Waals surface area contributed by atoms with Crippen molar-refractivity contribution < 1.29 is 27.5 Å². The molecule has 0 fully saturated rings. The van der Waals surface area contributed by atoms with Gasteiger partial charge >= 0.3 is 6.18 Å². The van der Waals surface area contributed by atoms with Gasteiger partial charge in [-0.2, -0.15) is 18.3 Å². The number of nitrogens with one attached hydrogen (secondary N) is 2. The number of anilines is 1. The summed E-state index contributed by atoms with van der Waals surface area (Å²) >= 11 is 0. The van der Waals surface area contributed by atoms with Crippen molar-refractivity contribution in [2.24, 2.45) is 7.05 Å². The molecule has 0 saturated heterocycles. The highest BCUT2D eigenvalue weighted by Crippen LogP contribution is 2.32. The molecule has 1 aromatic heterocycles. The average Bonchev–Trinajstić information content (AvgIpc) is 3.03. The van der Waals surface area contributed by atoms with Gasteiger partial charge in [0.25, 0.3) is 5.91 Å². The van der Waals surface area contributed by atoms with Crippen molar-refractivity contribution in [3.63, 3.8) is 0 Å². The number of amides is 2. The van der Waals surface area contributed by atoms with E-state index < -0.39 is 23.6 Å². The third-order valence-electron chi connectivity index (χ3n) is 3.77. The minimum Gasteiger partial charge on any atom is -0.375 e. The predicted molar refractivity (Wildman–Crippen MR) is 95.8 cm³/mol. The van der Waals surface area contributed by atoms with E-state index >= 15 is 0 Å². The summed E-state index contributed by atoms with van der Waals surface area (Å²) in [5.41, 5.74) is -0.344. The highest BCUT2D eigenvalue weighted by atomic mass is 19.4. The normalized spacial score (nSPS) is 11.3. The second kappa shape index (κ2) is 9.36. The van der Waals surface area contributed by atoms with Crippen molar-refractivity contribution in [1.82, 2.24) is 15.1 Å². The number of alkyl halides is 3. The molecule has 1 heterocycles. The van der Waals surface area contributed by atoms with Gasteiger partial charge in [-0.1, -0.05) is 0 Å². The zero-order chi connectivity index (χ0) is 20.7. The van der Waals surface area contributed by atoms with E-state index in [4.69, 9.17) is 0 Å². The third kappa shape index (κ3) is 6.38. The number of methoxy groups -OCH3 is 1. The Balaban J connectivity index is 2.04. The Morgan fingerprint density at radius 1 is 1.25 bits per heavy atom. The first kappa shape index (κ1) is 21.4. The molecule has 10 heteroatoms. The highest BCUT2D eigenvalue weighted by molar-refractivity contribution is 5.97. The molecular weight excluding hydrogens is 377 g/mol. The van der Waals surface area contributed by atoms with Crippen molar-refractivity contribution in [2.45, 2.75) is 19.0 Å². The van der Waals surface area contributed by atoms with E-state index in [-0.39, 0.29) is 24.4 Å². The molecule has 28 heavy (non-hydrogen) atoms. The lowest BCUT2D eigenvalue weighted by atomic mass is 10.1. The number of carbonyl (C=O) groups is 2. The average molecular weight is 398 g/mol. The molecule has 152 valence electrons. The highest BCUT2D eigenvalue weighted by Gasteiger charge is 2.32. The summed E-state index contributed by atoms with van der Waals surface area (Å²) in [4.78, 5) is 23.8. The van der Waals surface area contributed by atoms with E-state index in [0.717, 1.165) is 17.7 Å². The molecular formula is C18H21F3N4O3. The summed E-state index contributed by atoms with van der Waals surface area (Å²) in [6, 6.07) is 2.72. The van der Waals surface area contributed by atoms with Crippen LogP contribution in [0.25, 0.3) is 0 Å². The summed E-state index contributed by atoms with van der Waals surface area (Å²) in [5, 5.41) is 8.91. The third-order valence-corrected chi connectivity index (χ3v) is 3.77. The van der Waals surface area contributed by atoms with Crippen molar-refractivity contribution in [2.75, 3.05) is 25.6 Å². The fourth-order valence-corrected chi connectivity index (χ4v) is 2.52. The number of hydrogen-bond acceptors (Lipinski definition) is 4. The van der Waals surface area contributed by atoms with Gasteiger partial charge in [-0.25, -0.2) is 0 Å². The first-order valence-corrected chi connectivity index (χ1v) is 8.46. The fraction of sp³-hybridized carbons (Fsp3) is 0.389. The van der Waals surface area contributed by atoms with Crippen molar-refractivity contribution in [3.8, 4) is 0 Å². The Morgan fingerprint density at radius 2 is 2.00 bits per heavy atom. The lowest BCUT2D eigenvalue weighted by molar-refractivity contribution is -0.137. The lowest BCUT2D eigenvalue weighted by Gasteiger charge is -2.13. The number of carbonyl (C=O) groups excluding carboxylic acids is 2. The van der Waals surface area contributed by atoms with Gasteiger partial charge in [0.15, 0.2) is 0 Å². The Labute approximate surface area is 159 Å². The number of nitrogens with zero attached hydrogens (tertiary/aromatic N) is 2. The van der Waals surface area contributed by atoms with E-state index in [1.807, 2.05) is 6.20 Å². The molecule has 0 saturated carbocycles. The molecule has 0 aliphatic heterocycles. The Morgan fingerprint density at radius 3 is 2.61 bits per heavy atom. The number of ether oxygens (including phenoxy) is 1. The van der Waals surface area contributed by atoms with Gasteiger partial charge in [0.2, 0.25) is 5.91 Å². The second-order valence-corrected chi connectivity index (χ2v) is 6.16. The maximum absolute atomic E-state index is 13.1. The molecule has 0 atom stereocenters. The molecule has 0 radical (unpaired) electrons. The second-order valence-electron chi connectivity index (χ2n) is 6.16. The van der Waals surface area contributed by atoms with Crippen LogP contribution in [-0.4, -0.2) is 41.9 Å². The quantitative estimate of drug-likeness (QED) is 0.669. The number of rotatable bonds is 8. The van der Waals surface area contributed by atoms with Gasteiger partial charge in [0, 0.05) is 38.1 Å². The summed E-state index contributed by atoms with van der Waals surface area (Å²) in [6.45, 7) is -0.0263. The Bertz CT molecular complexity index is 834. The van der Waals surface area contributed by atoms with Gasteiger partial charge in [-0.05, 0) is 36.6 Å². The molecule has 0 aliphatic rings. The number of benzene rings is 1. The van der Waals surface area contributed by atoms with E-state index in [2.05, 4.69) is 20.5 Å². The first-order chi connectivity index (χ1) is 13.2. The van der Waals surface area contributed by atoms with Gasteiger partial charge in [0.1, 0.15) is 6.61 Å². The molecule has 7 nitrogen and oxygen atoms in total. The van der Waals surface area contributed by atoms with Crippen molar-refractivity contribution in [3.05, 3.63) is 47.3 Å². The van der Waals surface area contributed by atoms with Crippen LogP contribution in [0.4, 0.5) is 18.9 Å². The Hall–Kier alpha value is -2.88. The SMILES string of the molecule is COCC(=O)Nc1cc(C(=O)NCCCc2cnn(C)c2)cc(C(F)(F)F)c1. The summed E-state index contributed by atoms with van der Waals surface area (Å²) in [7, 11) is 3.08. The number of hydrogen-bond donors (Lipinski definition) is 2. The fourth-order valence-electron chi connectivity index (χ4n) is 2.52. The summed E-state index contributed by atoms with van der Waals surface area (Å²) in [5.74, 6) is -1.27. The first-order valence-electron chi connectivity index (χ1n) is 8.46. The van der Waals surface area contributed by atoms with Crippen LogP contribution in [0.1, 0.15) is 27.9 Å². The van der Waals surface area contributed by atoms with Gasteiger partial charge < -0.3 is 15.4 Å². The molecule has 0 bridgehead atoms. The van der Waals surface area contributed by atoms with Crippen LogP contribution < -0.4 is 10.6 Å². The summed E-state index contributed by atoms with van der Waals surface area (Å²) < 4.78 is 45.6. The maximum Gasteiger partial charge on any atom is 0.416 e. The number of aryl methyl sites for hydroxylation is 2. The molecule has 0 aliphatic carbocycles. The monoisotopic (exact) mass is 398 g/mol. The lowest BCUT2D eigenvalue weighted by Crippen LogP contribution is -2.26. The van der Waals surface area contributed by atoms with Crippen LogP contribution >= 0.6 is 0 Å². The van der Waals surface area contributed by atoms with Crippen LogP contribution in [0.15, 0.2) is 30.6 Å². The van der Waals surface area contributed by atoms with Crippen LogP contribution in [0.5, 0.6) is 0 Å². The van der Waals surface area contributed by atoms with Gasteiger partial charge in [-0.15, -0.1) is 0 Å². The molecule has 0 unspecified atom stereocenters. The molecule has 0 spiro atoms. The smallest absolute Gasteiger partial charge is 0.375 e. The maximum atomic E-state index is 13.1. The molecule has 2 N–H and O–H groups in total. The zero-order valence-corrected chi connectivity index (χ0v) is 15.5. The van der Waals surface area contributed by atoms with E-state index in [9.17, 15) is 22.8 Å². The van der Waals surface area contributed by atoms with Crippen LogP contribution in [-0.2, 0) is 29.2 Å².